The molecule has 0 radical (unpaired) electrons. The number of amides is 1. The van der Waals surface area contributed by atoms with Crippen molar-refractivity contribution in [1.82, 2.24) is 19.9 Å². The van der Waals surface area contributed by atoms with Gasteiger partial charge in [-0.1, -0.05) is 17.7 Å². The Kier molecular flexibility index (Phi) is 5.83. The molecule has 2 aliphatic rings. The highest BCUT2D eigenvalue weighted by Crippen LogP contribution is 2.30. The van der Waals surface area contributed by atoms with Crippen LogP contribution in [0.4, 0.5) is 4.39 Å². The Morgan fingerprint density at radius 2 is 2.16 bits per heavy atom. The number of imidazole rings is 1. The smallest absolute Gasteiger partial charge is 0.224 e. The fourth-order valence-corrected chi connectivity index (χ4v) is 4.21. The topological polar surface area (TPSA) is 69.0 Å². The monoisotopic (exact) mass is 454 g/mol. The van der Waals surface area contributed by atoms with Crippen LogP contribution in [0.3, 0.4) is 0 Å². The van der Waals surface area contributed by atoms with Crippen LogP contribution >= 0.6 is 11.6 Å². The van der Waals surface area contributed by atoms with Gasteiger partial charge in [0.2, 0.25) is 11.8 Å². The molecule has 3 heterocycles. The second-order valence-corrected chi connectivity index (χ2v) is 8.81. The van der Waals surface area contributed by atoms with Crippen LogP contribution in [0.2, 0.25) is 5.02 Å². The number of fused-ring (bicyclic) bond motifs is 1. The number of halogens is 2. The van der Waals surface area contributed by atoms with Gasteiger partial charge in [-0.2, -0.15) is 0 Å². The second kappa shape index (κ2) is 8.90. The normalized spacial score (nSPS) is 15.3. The molecule has 0 spiro atoms. The predicted octanol–water partition coefficient (Wildman–Crippen LogP) is 4.47. The second-order valence-electron chi connectivity index (χ2n) is 8.40. The number of aromatic nitrogens is 3. The number of ether oxygens (including phenoxy) is 1. The summed E-state index contributed by atoms with van der Waals surface area (Å²) >= 11 is 5.82. The standard InChI is InChI=1S/C24H24ClFN4O2/c25-19-9-15(6-7-20(19)26)10-23(31)27-13-17-11-16(12-28-24(17)32-18-3-1-4-18)21-14-30-8-2-5-22(30)29-21/h6-7,9,11-12,14,18H,1-5,8,10,13H2,(H,27,31). The molecule has 0 atom stereocenters. The minimum Gasteiger partial charge on any atom is -0.474 e. The third kappa shape index (κ3) is 4.48. The summed E-state index contributed by atoms with van der Waals surface area (Å²) in [6, 6.07) is 6.30. The van der Waals surface area contributed by atoms with Gasteiger partial charge in [0.25, 0.3) is 0 Å². The molecule has 0 unspecified atom stereocenters. The van der Waals surface area contributed by atoms with E-state index in [1.165, 1.54) is 12.1 Å². The molecule has 1 aliphatic carbocycles. The Labute approximate surface area is 190 Å². The Bertz CT molecular complexity index is 1140. The minimum atomic E-state index is -0.498. The maximum atomic E-state index is 13.4. The predicted molar refractivity (Wildman–Crippen MR) is 119 cm³/mol. The maximum absolute atomic E-state index is 13.4. The van der Waals surface area contributed by atoms with Crippen molar-refractivity contribution in [2.45, 2.75) is 57.7 Å². The van der Waals surface area contributed by atoms with Crippen LogP contribution < -0.4 is 10.1 Å². The van der Waals surface area contributed by atoms with Gasteiger partial charge in [0.1, 0.15) is 17.7 Å². The molecule has 6 nitrogen and oxygen atoms in total. The number of nitrogens with one attached hydrogen (secondary N) is 1. The lowest BCUT2D eigenvalue weighted by Crippen LogP contribution is -2.28. The third-order valence-corrected chi connectivity index (χ3v) is 6.32. The van der Waals surface area contributed by atoms with E-state index in [2.05, 4.69) is 21.1 Å². The first-order chi connectivity index (χ1) is 15.5. The molecule has 3 aromatic rings. The van der Waals surface area contributed by atoms with Crippen molar-refractivity contribution in [1.29, 1.82) is 0 Å². The molecule has 1 saturated carbocycles. The molecule has 0 bridgehead atoms. The van der Waals surface area contributed by atoms with Crippen LogP contribution in [0.15, 0.2) is 36.7 Å². The summed E-state index contributed by atoms with van der Waals surface area (Å²) < 4.78 is 21.6. The summed E-state index contributed by atoms with van der Waals surface area (Å²) in [4.78, 5) is 21.8. The van der Waals surface area contributed by atoms with E-state index >= 15 is 0 Å². The molecule has 2 aromatic heterocycles. The summed E-state index contributed by atoms with van der Waals surface area (Å²) in [6.07, 6.45) is 9.47. The van der Waals surface area contributed by atoms with E-state index in [0.29, 0.717) is 11.4 Å². The van der Waals surface area contributed by atoms with E-state index in [1.54, 1.807) is 12.3 Å². The van der Waals surface area contributed by atoms with E-state index in [4.69, 9.17) is 21.3 Å². The number of benzene rings is 1. The van der Waals surface area contributed by atoms with Crippen LogP contribution in [0.1, 0.15) is 42.6 Å². The van der Waals surface area contributed by atoms with E-state index in [1.807, 2.05) is 6.07 Å². The van der Waals surface area contributed by atoms with E-state index in [0.717, 1.165) is 61.3 Å². The Balaban J connectivity index is 1.32. The van der Waals surface area contributed by atoms with Crippen LogP contribution in [-0.2, 0) is 30.7 Å². The van der Waals surface area contributed by atoms with Gasteiger partial charge in [-0.25, -0.2) is 14.4 Å². The molecule has 1 N–H and O–H groups in total. The molecular weight excluding hydrogens is 431 g/mol. The number of aryl methyl sites for hydroxylation is 2. The van der Waals surface area contributed by atoms with E-state index < -0.39 is 5.82 Å². The Morgan fingerprint density at radius 1 is 1.28 bits per heavy atom. The lowest BCUT2D eigenvalue weighted by molar-refractivity contribution is -0.120. The molecule has 166 valence electrons. The number of rotatable bonds is 7. The first-order valence-corrected chi connectivity index (χ1v) is 11.4. The first-order valence-electron chi connectivity index (χ1n) is 11.0. The zero-order chi connectivity index (χ0) is 22.1. The minimum absolute atomic E-state index is 0.00958. The molecule has 0 saturated heterocycles. The molecule has 1 aromatic carbocycles. The van der Waals surface area contributed by atoms with Crippen molar-refractivity contribution < 1.29 is 13.9 Å². The highest BCUT2D eigenvalue weighted by atomic mass is 35.5. The van der Waals surface area contributed by atoms with Gasteiger partial charge < -0.3 is 14.6 Å². The lowest BCUT2D eigenvalue weighted by atomic mass is 9.96. The number of carbonyl (C=O) groups excluding carboxylic acids is 1. The van der Waals surface area contributed by atoms with Gasteiger partial charge in [0.05, 0.1) is 17.1 Å². The SMILES string of the molecule is O=C(Cc1ccc(F)c(Cl)c1)NCc1cc(-c2cn3c(n2)CCC3)cnc1OC1CCC1. The van der Waals surface area contributed by atoms with Gasteiger partial charge in [-0.15, -0.1) is 0 Å². The molecule has 5 rings (SSSR count). The summed E-state index contributed by atoms with van der Waals surface area (Å²) in [7, 11) is 0. The van der Waals surface area contributed by atoms with E-state index in [-0.39, 0.29) is 30.0 Å². The molecule has 1 fully saturated rings. The van der Waals surface area contributed by atoms with Crippen molar-refractivity contribution in [3.8, 4) is 17.1 Å². The van der Waals surface area contributed by atoms with Crippen LogP contribution in [0.5, 0.6) is 5.88 Å². The number of carbonyl (C=O) groups is 1. The summed E-state index contributed by atoms with van der Waals surface area (Å²) in [6.45, 7) is 1.28. The fraction of sp³-hybridized carbons (Fsp3) is 0.375. The number of nitrogens with zero attached hydrogens (tertiary/aromatic N) is 3. The molecule has 1 amide bonds. The van der Waals surface area contributed by atoms with Crippen LogP contribution in [0.25, 0.3) is 11.3 Å². The highest BCUT2D eigenvalue weighted by Gasteiger charge is 2.22. The quantitative estimate of drug-likeness (QED) is 0.571. The molecule has 32 heavy (non-hydrogen) atoms. The fourth-order valence-electron chi connectivity index (χ4n) is 4.00. The van der Waals surface area contributed by atoms with Crippen molar-refractivity contribution in [3.63, 3.8) is 0 Å². The number of pyridine rings is 1. The van der Waals surface area contributed by atoms with Crippen molar-refractivity contribution in [3.05, 3.63) is 64.5 Å². The van der Waals surface area contributed by atoms with Gasteiger partial charge in [-0.3, -0.25) is 4.79 Å². The summed E-state index contributed by atoms with van der Waals surface area (Å²) in [5.74, 6) is 0.966. The summed E-state index contributed by atoms with van der Waals surface area (Å²) in [5.41, 5.74) is 3.26. The lowest BCUT2D eigenvalue weighted by Gasteiger charge is -2.26. The van der Waals surface area contributed by atoms with Crippen molar-refractivity contribution >= 4 is 17.5 Å². The number of hydrogen-bond acceptors (Lipinski definition) is 4. The average molecular weight is 455 g/mol. The van der Waals surface area contributed by atoms with Crippen molar-refractivity contribution in [2.75, 3.05) is 0 Å². The number of hydrogen-bond donors (Lipinski definition) is 1. The summed E-state index contributed by atoms with van der Waals surface area (Å²) in [5, 5.41) is 2.94. The molecule has 8 heteroatoms. The van der Waals surface area contributed by atoms with Gasteiger partial charge in [-0.05, 0) is 49.4 Å². The zero-order valence-electron chi connectivity index (χ0n) is 17.6. The van der Waals surface area contributed by atoms with Gasteiger partial charge >= 0.3 is 0 Å². The molecule has 1 aliphatic heterocycles. The van der Waals surface area contributed by atoms with Crippen LogP contribution in [0, 0.1) is 5.82 Å². The van der Waals surface area contributed by atoms with Gasteiger partial charge in [0, 0.05) is 43.0 Å². The molecular formula is C24H24ClFN4O2. The van der Waals surface area contributed by atoms with Gasteiger partial charge in [0.15, 0.2) is 0 Å². The Morgan fingerprint density at radius 3 is 2.91 bits per heavy atom. The van der Waals surface area contributed by atoms with Crippen molar-refractivity contribution in [2.24, 2.45) is 0 Å². The zero-order valence-corrected chi connectivity index (χ0v) is 18.4. The highest BCUT2D eigenvalue weighted by molar-refractivity contribution is 6.30. The maximum Gasteiger partial charge on any atom is 0.224 e. The van der Waals surface area contributed by atoms with E-state index in [9.17, 15) is 9.18 Å². The largest absolute Gasteiger partial charge is 0.474 e. The van der Waals surface area contributed by atoms with Crippen LogP contribution in [-0.4, -0.2) is 26.5 Å². The average Bonchev–Trinajstić information content (AvgIpc) is 3.35. The Hall–Kier alpha value is -2.93. The third-order valence-electron chi connectivity index (χ3n) is 6.03. The first kappa shape index (κ1) is 20.9.